The number of nitrogens with zero attached hydrogens (tertiary/aromatic N) is 2. The summed E-state index contributed by atoms with van der Waals surface area (Å²) in [6.07, 6.45) is 10.5. The van der Waals surface area contributed by atoms with E-state index in [-0.39, 0.29) is 5.41 Å². The van der Waals surface area contributed by atoms with Gasteiger partial charge in [0.25, 0.3) is 0 Å². The topological polar surface area (TPSA) is 17.8 Å². The van der Waals surface area contributed by atoms with Gasteiger partial charge in [-0.25, -0.2) is 4.98 Å². The van der Waals surface area contributed by atoms with E-state index in [1.54, 1.807) is 0 Å². The molecule has 1 rings (SSSR count). The lowest BCUT2D eigenvalue weighted by Crippen LogP contribution is -2.09. The summed E-state index contributed by atoms with van der Waals surface area (Å²) in [5.74, 6) is 1.14. The van der Waals surface area contributed by atoms with Crippen LogP contribution >= 0.6 is 0 Å². The van der Waals surface area contributed by atoms with Gasteiger partial charge in [0, 0.05) is 25.0 Å². The van der Waals surface area contributed by atoms with Crippen LogP contribution in [0.2, 0.25) is 0 Å². The van der Waals surface area contributed by atoms with Crippen LogP contribution in [0.1, 0.15) is 53.8 Å². The molecular formula is C16H26N2. The molecule has 0 fully saturated rings. The normalized spacial score (nSPS) is 12.7. The van der Waals surface area contributed by atoms with Crippen LogP contribution in [0.3, 0.4) is 0 Å². The Balaban J connectivity index is 3.16. The van der Waals surface area contributed by atoms with Crippen LogP contribution in [0.4, 0.5) is 0 Å². The zero-order valence-electron chi connectivity index (χ0n) is 12.6. The summed E-state index contributed by atoms with van der Waals surface area (Å²) >= 11 is 0. The van der Waals surface area contributed by atoms with Crippen molar-refractivity contribution in [1.82, 2.24) is 9.55 Å². The van der Waals surface area contributed by atoms with Gasteiger partial charge in [-0.1, -0.05) is 39.3 Å². The average molecular weight is 246 g/mol. The smallest absolute Gasteiger partial charge is 0.112 e. The molecule has 0 unspecified atom stereocenters. The highest BCUT2D eigenvalue weighted by Crippen LogP contribution is 2.28. The van der Waals surface area contributed by atoms with E-state index in [4.69, 9.17) is 0 Å². The molecule has 0 saturated carbocycles. The van der Waals surface area contributed by atoms with E-state index >= 15 is 0 Å². The molecule has 0 amide bonds. The molecular weight excluding hydrogens is 220 g/mol. The van der Waals surface area contributed by atoms with Crippen LogP contribution in [-0.4, -0.2) is 9.55 Å². The van der Waals surface area contributed by atoms with Crippen LogP contribution < -0.4 is 0 Å². The Morgan fingerprint density at radius 2 is 2.00 bits per heavy atom. The Bertz CT molecular complexity index is 438. The summed E-state index contributed by atoms with van der Waals surface area (Å²) in [7, 11) is 0. The standard InChI is InChI=1S/C16H26N2/c1-7-8-15-17-9-10-18(15)12-14(11-13(2)3)16(4,5)6/h9-12H,7-8H2,1-6H3/b14-12+. The van der Waals surface area contributed by atoms with Crippen molar-refractivity contribution in [3.8, 4) is 0 Å². The molecule has 0 aliphatic carbocycles. The molecule has 0 spiro atoms. The number of aryl methyl sites for hydroxylation is 1. The van der Waals surface area contributed by atoms with Crippen molar-refractivity contribution in [3.63, 3.8) is 0 Å². The van der Waals surface area contributed by atoms with Crippen LogP contribution in [-0.2, 0) is 6.42 Å². The van der Waals surface area contributed by atoms with E-state index in [9.17, 15) is 0 Å². The molecule has 18 heavy (non-hydrogen) atoms. The Morgan fingerprint density at radius 3 is 2.50 bits per heavy atom. The van der Waals surface area contributed by atoms with Gasteiger partial charge in [-0.05, 0) is 31.3 Å². The predicted molar refractivity (Wildman–Crippen MR) is 79.4 cm³/mol. The predicted octanol–water partition coefficient (Wildman–Crippen LogP) is 4.69. The molecule has 0 saturated heterocycles. The molecule has 2 nitrogen and oxygen atoms in total. The lowest BCUT2D eigenvalue weighted by atomic mass is 9.86. The van der Waals surface area contributed by atoms with E-state index in [0.29, 0.717) is 0 Å². The summed E-state index contributed by atoms with van der Waals surface area (Å²) in [5.41, 5.74) is 2.80. The molecule has 0 N–H and O–H groups in total. The number of rotatable bonds is 4. The van der Waals surface area contributed by atoms with Crippen LogP contribution in [0.25, 0.3) is 6.20 Å². The number of hydrogen-bond donors (Lipinski definition) is 0. The lowest BCUT2D eigenvalue weighted by molar-refractivity contribution is 0.518. The largest absolute Gasteiger partial charge is 0.310 e. The fraction of sp³-hybridized carbons (Fsp3) is 0.562. The zero-order chi connectivity index (χ0) is 13.8. The highest BCUT2D eigenvalue weighted by Gasteiger charge is 2.15. The first-order valence-electron chi connectivity index (χ1n) is 6.73. The van der Waals surface area contributed by atoms with Gasteiger partial charge in [0.1, 0.15) is 5.82 Å². The molecule has 0 radical (unpaired) electrons. The fourth-order valence-corrected chi connectivity index (χ4v) is 1.79. The number of imidazole rings is 1. The van der Waals surface area contributed by atoms with Gasteiger partial charge in [-0.3, -0.25) is 0 Å². The van der Waals surface area contributed by atoms with Crippen molar-refractivity contribution < 1.29 is 0 Å². The first-order valence-corrected chi connectivity index (χ1v) is 6.73. The number of allylic oxidation sites excluding steroid dienone is 3. The van der Waals surface area contributed by atoms with Gasteiger partial charge >= 0.3 is 0 Å². The third-order valence-corrected chi connectivity index (χ3v) is 2.81. The second-order valence-electron chi connectivity index (χ2n) is 6.06. The molecule has 0 aromatic carbocycles. The average Bonchev–Trinajstić information content (AvgIpc) is 2.63. The minimum absolute atomic E-state index is 0.144. The van der Waals surface area contributed by atoms with Gasteiger partial charge in [-0.15, -0.1) is 0 Å². The molecule has 1 aromatic rings. The molecule has 0 aliphatic heterocycles. The molecule has 100 valence electrons. The maximum atomic E-state index is 4.42. The molecule has 1 aromatic heterocycles. The summed E-state index contributed by atoms with van der Waals surface area (Å²) in [5, 5.41) is 0. The Morgan fingerprint density at radius 1 is 1.33 bits per heavy atom. The maximum absolute atomic E-state index is 4.42. The minimum Gasteiger partial charge on any atom is -0.310 e. The second-order valence-corrected chi connectivity index (χ2v) is 6.06. The first-order chi connectivity index (χ1) is 8.34. The van der Waals surface area contributed by atoms with E-state index in [1.807, 2.05) is 12.4 Å². The number of hydrogen-bond acceptors (Lipinski definition) is 1. The molecule has 0 bridgehead atoms. The maximum Gasteiger partial charge on any atom is 0.112 e. The summed E-state index contributed by atoms with van der Waals surface area (Å²) in [6.45, 7) is 13.2. The highest BCUT2D eigenvalue weighted by atomic mass is 15.0. The van der Waals surface area contributed by atoms with E-state index < -0.39 is 0 Å². The molecule has 0 aliphatic rings. The van der Waals surface area contributed by atoms with Crippen LogP contribution in [0.15, 0.2) is 29.6 Å². The Labute approximate surface area is 111 Å². The second kappa shape index (κ2) is 6.03. The van der Waals surface area contributed by atoms with Crippen LogP contribution in [0, 0.1) is 5.41 Å². The lowest BCUT2D eigenvalue weighted by Gasteiger charge is -2.21. The van der Waals surface area contributed by atoms with Gasteiger partial charge < -0.3 is 4.57 Å². The van der Waals surface area contributed by atoms with Crippen molar-refractivity contribution in [2.24, 2.45) is 5.41 Å². The summed E-state index contributed by atoms with van der Waals surface area (Å²) in [4.78, 5) is 4.42. The van der Waals surface area contributed by atoms with Gasteiger partial charge in [0.15, 0.2) is 0 Å². The van der Waals surface area contributed by atoms with Crippen molar-refractivity contribution in [3.05, 3.63) is 35.4 Å². The summed E-state index contributed by atoms with van der Waals surface area (Å²) < 4.78 is 2.16. The fourth-order valence-electron chi connectivity index (χ4n) is 1.79. The van der Waals surface area contributed by atoms with E-state index in [2.05, 4.69) is 63.4 Å². The summed E-state index contributed by atoms with van der Waals surface area (Å²) in [6, 6.07) is 0. The highest BCUT2D eigenvalue weighted by molar-refractivity contribution is 5.43. The quantitative estimate of drug-likeness (QED) is 0.705. The SMILES string of the molecule is CCCc1nccn1/C=C(\C=C(C)C)C(C)(C)C. The van der Waals surface area contributed by atoms with E-state index in [1.165, 1.54) is 11.1 Å². The van der Waals surface area contributed by atoms with Crippen molar-refractivity contribution >= 4 is 6.20 Å². The zero-order valence-corrected chi connectivity index (χ0v) is 12.6. The minimum atomic E-state index is 0.144. The molecule has 1 heterocycles. The first kappa shape index (κ1) is 14.7. The Kier molecular flexibility index (Phi) is 4.94. The number of aromatic nitrogens is 2. The third kappa shape index (κ3) is 4.17. The van der Waals surface area contributed by atoms with Gasteiger partial charge in [-0.2, -0.15) is 0 Å². The molecule has 2 heteroatoms. The Hall–Kier alpha value is -1.31. The van der Waals surface area contributed by atoms with E-state index in [0.717, 1.165) is 18.7 Å². The third-order valence-electron chi connectivity index (χ3n) is 2.81. The molecule has 0 atom stereocenters. The van der Waals surface area contributed by atoms with Crippen molar-refractivity contribution in [2.75, 3.05) is 0 Å². The monoisotopic (exact) mass is 246 g/mol. The van der Waals surface area contributed by atoms with Crippen molar-refractivity contribution in [1.29, 1.82) is 0 Å². The van der Waals surface area contributed by atoms with Crippen LogP contribution in [0.5, 0.6) is 0 Å². The van der Waals surface area contributed by atoms with Gasteiger partial charge in [0.2, 0.25) is 0 Å². The van der Waals surface area contributed by atoms with Crippen molar-refractivity contribution in [2.45, 2.75) is 54.4 Å². The van der Waals surface area contributed by atoms with Gasteiger partial charge in [0.05, 0.1) is 0 Å².